The van der Waals surface area contributed by atoms with E-state index in [1.54, 1.807) is 25.3 Å². The molecule has 3 aliphatic heterocycles. The topological polar surface area (TPSA) is 122 Å². The van der Waals surface area contributed by atoms with Gasteiger partial charge in [-0.15, -0.1) is 11.3 Å². The number of aliphatic carboxylic acids is 1. The molecule has 2 atom stereocenters. The van der Waals surface area contributed by atoms with Crippen molar-refractivity contribution in [2.24, 2.45) is 10.4 Å². The zero-order valence-electron chi connectivity index (χ0n) is 22.1. The lowest BCUT2D eigenvalue weighted by molar-refractivity contribution is -0.217. The molecule has 10 nitrogen and oxygen atoms in total. The number of amidine groups is 1. The van der Waals surface area contributed by atoms with Crippen LogP contribution in [-0.4, -0.2) is 98.6 Å². The van der Waals surface area contributed by atoms with Crippen molar-refractivity contribution in [3.05, 3.63) is 63.0 Å². The van der Waals surface area contributed by atoms with Gasteiger partial charge in [0.15, 0.2) is 10.8 Å². The van der Waals surface area contributed by atoms with Gasteiger partial charge >= 0.3 is 12.0 Å². The van der Waals surface area contributed by atoms with Gasteiger partial charge in [0.1, 0.15) is 11.9 Å². The quantitative estimate of drug-likeness (QED) is 0.471. The largest absolute Gasteiger partial charge is 0.478 e. The number of aliphatic hydroxyl groups excluding tert-OH is 1. The molecule has 2 saturated heterocycles. The third kappa shape index (κ3) is 3.80. The zero-order chi connectivity index (χ0) is 27.8. The number of amides is 2. The van der Waals surface area contributed by atoms with Crippen LogP contribution < -0.4 is 5.32 Å². The van der Waals surface area contributed by atoms with E-state index in [1.165, 1.54) is 17.4 Å². The predicted molar refractivity (Wildman–Crippen MR) is 145 cm³/mol. The summed E-state index contributed by atoms with van der Waals surface area (Å²) in [5.41, 5.74) is 1.38. The number of urea groups is 1. The van der Waals surface area contributed by atoms with Crippen molar-refractivity contribution in [3.63, 3.8) is 0 Å². The molecule has 210 valence electrons. The number of aromatic nitrogens is 1. The molecule has 12 heteroatoms. The standard InChI is InChI=1S/C28H31FN6O4S/c1-16-18(3-2-4-19(16)29)22-21(25(37)38)20(31-23(32-22)24-30-5-8-40-24)11-33-6-7-34-17(9-33)10-35(26(34)39)28-12-27(13-28,14-28)15-36/h2-5,8,17,22,36H,6-7,9-15H2,1H3,(H,31,32)(H,37,38)/t17-,22-,27?,28?/m0/s1. The van der Waals surface area contributed by atoms with Crippen molar-refractivity contribution in [1.82, 2.24) is 25.0 Å². The van der Waals surface area contributed by atoms with Gasteiger partial charge in [0.05, 0.1) is 11.6 Å². The number of piperazine rings is 1. The summed E-state index contributed by atoms with van der Waals surface area (Å²) < 4.78 is 14.6. The average Bonchev–Trinajstić information content (AvgIpc) is 3.53. The fourth-order valence-electron chi connectivity index (χ4n) is 7.49. The number of hydrogen-bond donors (Lipinski definition) is 3. The fourth-order valence-corrected chi connectivity index (χ4v) is 8.08. The number of thiazole rings is 1. The first kappa shape index (κ1) is 25.6. The maximum absolute atomic E-state index is 14.6. The highest BCUT2D eigenvalue weighted by molar-refractivity contribution is 7.11. The number of aliphatic imine (C=N–C) groups is 1. The number of carboxylic acid groups (broad SMARTS) is 1. The van der Waals surface area contributed by atoms with E-state index in [2.05, 4.69) is 15.2 Å². The van der Waals surface area contributed by atoms with E-state index in [1.807, 2.05) is 15.2 Å². The number of rotatable bonds is 7. The molecule has 6 aliphatic rings. The number of nitrogens with one attached hydrogen (secondary N) is 1. The van der Waals surface area contributed by atoms with Crippen LogP contribution in [0.25, 0.3) is 0 Å². The summed E-state index contributed by atoms with van der Waals surface area (Å²) in [6.07, 6.45) is 4.31. The van der Waals surface area contributed by atoms with Gasteiger partial charge in [-0.25, -0.2) is 19.0 Å². The van der Waals surface area contributed by atoms with Crippen molar-refractivity contribution >= 4 is 29.2 Å². The van der Waals surface area contributed by atoms with E-state index >= 15 is 0 Å². The van der Waals surface area contributed by atoms with Gasteiger partial charge in [-0.2, -0.15) is 0 Å². The second-order valence-corrected chi connectivity index (χ2v) is 12.8. The number of carbonyl (C=O) groups excluding carboxylic acids is 1. The average molecular weight is 567 g/mol. The predicted octanol–water partition coefficient (Wildman–Crippen LogP) is 2.36. The van der Waals surface area contributed by atoms with Crippen LogP contribution in [0.15, 0.2) is 46.0 Å². The molecular weight excluding hydrogens is 535 g/mol. The molecule has 2 aromatic rings. The Hall–Kier alpha value is -3.35. The second-order valence-electron chi connectivity index (χ2n) is 11.9. The lowest BCUT2D eigenvalue weighted by Gasteiger charge is -2.72. The molecule has 1 aromatic carbocycles. The Morgan fingerprint density at radius 3 is 2.75 bits per heavy atom. The molecule has 5 fully saturated rings. The summed E-state index contributed by atoms with van der Waals surface area (Å²) in [5, 5.41) is 25.7. The highest BCUT2D eigenvalue weighted by Gasteiger charge is 2.72. The maximum Gasteiger partial charge on any atom is 0.335 e. The van der Waals surface area contributed by atoms with Gasteiger partial charge in [0.2, 0.25) is 0 Å². The van der Waals surface area contributed by atoms with Crippen LogP contribution in [0.2, 0.25) is 0 Å². The highest BCUT2D eigenvalue weighted by Crippen LogP contribution is 2.70. The van der Waals surface area contributed by atoms with Crippen LogP contribution in [0, 0.1) is 18.2 Å². The zero-order valence-corrected chi connectivity index (χ0v) is 23.0. The molecule has 1 aromatic heterocycles. The summed E-state index contributed by atoms with van der Waals surface area (Å²) >= 11 is 1.39. The molecule has 2 amide bonds. The molecular formula is C28H31FN6O4S. The molecule has 3 saturated carbocycles. The minimum absolute atomic E-state index is 0.0196. The molecule has 0 radical (unpaired) electrons. The first-order valence-electron chi connectivity index (χ1n) is 13.6. The van der Waals surface area contributed by atoms with Gasteiger partial charge < -0.3 is 25.3 Å². The second kappa shape index (κ2) is 9.08. The third-order valence-electron chi connectivity index (χ3n) is 9.43. The summed E-state index contributed by atoms with van der Waals surface area (Å²) in [6, 6.07) is 3.87. The van der Waals surface area contributed by atoms with Crippen LogP contribution >= 0.6 is 11.3 Å². The first-order chi connectivity index (χ1) is 19.2. The molecule has 3 aliphatic carbocycles. The molecule has 0 spiro atoms. The molecule has 4 heterocycles. The summed E-state index contributed by atoms with van der Waals surface area (Å²) in [6.45, 7) is 4.59. The lowest BCUT2D eigenvalue weighted by Crippen LogP contribution is -2.76. The first-order valence-corrected chi connectivity index (χ1v) is 14.5. The molecule has 2 bridgehead atoms. The van der Waals surface area contributed by atoms with Crippen LogP contribution in [0.5, 0.6) is 0 Å². The van der Waals surface area contributed by atoms with Gasteiger partial charge in [-0.05, 0) is 43.4 Å². The number of carbonyl (C=O) groups is 2. The van der Waals surface area contributed by atoms with Crippen LogP contribution in [-0.2, 0) is 4.79 Å². The van der Waals surface area contributed by atoms with Crippen molar-refractivity contribution in [2.45, 2.75) is 43.8 Å². The Labute approximate surface area is 234 Å². The number of fused-ring (bicyclic) bond motifs is 1. The van der Waals surface area contributed by atoms with E-state index in [0.29, 0.717) is 60.4 Å². The lowest BCUT2D eigenvalue weighted by atomic mass is 9.39. The fraction of sp³-hybridized carbons (Fsp3) is 0.500. The van der Waals surface area contributed by atoms with Crippen molar-refractivity contribution in [2.75, 3.05) is 39.3 Å². The van der Waals surface area contributed by atoms with Gasteiger partial charge in [-0.3, -0.25) is 9.89 Å². The smallest absolute Gasteiger partial charge is 0.335 e. The Morgan fingerprint density at radius 2 is 2.05 bits per heavy atom. The monoisotopic (exact) mass is 566 g/mol. The van der Waals surface area contributed by atoms with Crippen molar-refractivity contribution in [3.8, 4) is 0 Å². The SMILES string of the molecule is Cc1c(F)cccc1[C@@H]1N=C(c2nccs2)NC(CN2CCN3C(=O)N(C45CC(CO)(C4)C5)C[C@@H]3C2)=C1C(=O)O. The molecule has 40 heavy (non-hydrogen) atoms. The number of nitrogens with zero attached hydrogens (tertiary/aromatic N) is 5. The normalized spacial score (nSPS) is 31.4. The van der Waals surface area contributed by atoms with E-state index in [9.17, 15) is 24.2 Å². The number of aliphatic hydroxyl groups is 1. The molecule has 3 N–H and O–H groups in total. The van der Waals surface area contributed by atoms with Crippen LogP contribution in [0.3, 0.4) is 0 Å². The van der Waals surface area contributed by atoms with Crippen molar-refractivity contribution < 1.29 is 24.2 Å². The molecule has 0 unspecified atom stereocenters. The van der Waals surface area contributed by atoms with E-state index in [-0.39, 0.29) is 35.2 Å². The number of halogens is 1. The van der Waals surface area contributed by atoms with Crippen LogP contribution in [0.1, 0.15) is 41.4 Å². The minimum Gasteiger partial charge on any atom is -0.478 e. The minimum atomic E-state index is -1.11. The number of hydrogen-bond acceptors (Lipinski definition) is 8. The highest BCUT2D eigenvalue weighted by atomic mass is 32.1. The maximum atomic E-state index is 14.6. The van der Waals surface area contributed by atoms with Crippen molar-refractivity contribution in [1.29, 1.82) is 0 Å². The Bertz CT molecular complexity index is 1440. The summed E-state index contributed by atoms with van der Waals surface area (Å²) in [5.74, 6) is -1.06. The third-order valence-corrected chi connectivity index (χ3v) is 10.2. The van der Waals surface area contributed by atoms with E-state index in [4.69, 9.17) is 4.99 Å². The number of carboxylic acids is 1. The van der Waals surface area contributed by atoms with E-state index in [0.717, 1.165) is 19.3 Å². The summed E-state index contributed by atoms with van der Waals surface area (Å²) in [7, 11) is 0. The molecule has 8 rings (SSSR count). The van der Waals surface area contributed by atoms with E-state index < -0.39 is 17.8 Å². The van der Waals surface area contributed by atoms with Crippen LogP contribution in [0.4, 0.5) is 9.18 Å². The Morgan fingerprint density at radius 1 is 1.25 bits per heavy atom. The Kier molecular flexibility index (Phi) is 5.81. The van der Waals surface area contributed by atoms with Gasteiger partial charge in [-0.1, -0.05) is 12.1 Å². The Balaban J connectivity index is 1.16. The van der Waals surface area contributed by atoms with Gasteiger partial charge in [0.25, 0.3) is 0 Å². The van der Waals surface area contributed by atoms with Gasteiger partial charge in [0, 0.05) is 67.6 Å². The number of benzene rings is 1. The summed E-state index contributed by atoms with van der Waals surface area (Å²) in [4.78, 5) is 41.2.